The summed E-state index contributed by atoms with van der Waals surface area (Å²) in [5, 5.41) is 5.93. The summed E-state index contributed by atoms with van der Waals surface area (Å²) < 4.78 is 1.37. The fourth-order valence-corrected chi connectivity index (χ4v) is 3.40. The molecule has 0 aliphatic heterocycles. The molecule has 154 valence electrons. The van der Waals surface area contributed by atoms with E-state index in [-0.39, 0.29) is 47.0 Å². The van der Waals surface area contributed by atoms with E-state index in [1.807, 2.05) is 13.8 Å². The highest BCUT2D eigenvalue weighted by Crippen LogP contribution is 2.20. The lowest BCUT2D eigenvalue weighted by Crippen LogP contribution is -2.37. The Morgan fingerprint density at radius 1 is 1.14 bits per heavy atom. The van der Waals surface area contributed by atoms with Crippen LogP contribution < -0.4 is 21.9 Å². The Balaban J connectivity index is 1.58. The first-order valence-corrected chi connectivity index (χ1v) is 9.65. The number of nitrogen functional groups attached to an aromatic ring is 1. The maximum absolute atomic E-state index is 12.6. The Bertz CT molecular complexity index is 984. The molecule has 1 aliphatic carbocycles. The van der Waals surface area contributed by atoms with Crippen molar-refractivity contribution in [2.45, 2.75) is 51.1 Å². The number of aromatic nitrogens is 3. The third kappa shape index (κ3) is 4.98. The van der Waals surface area contributed by atoms with Crippen LogP contribution in [0.25, 0.3) is 0 Å². The number of anilines is 1. The first-order chi connectivity index (χ1) is 13.7. The van der Waals surface area contributed by atoms with E-state index in [1.54, 1.807) is 13.1 Å². The number of carbonyl (C=O) groups is 2. The van der Waals surface area contributed by atoms with E-state index in [0.717, 1.165) is 18.5 Å². The molecular weight excluding hydrogens is 372 g/mol. The van der Waals surface area contributed by atoms with Gasteiger partial charge in [0.2, 0.25) is 11.5 Å². The molecule has 0 saturated heterocycles. The predicted octanol–water partition coefficient (Wildman–Crippen LogP) is 0.962. The number of pyridine rings is 1. The Hall–Kier alpha value is -3.23. The monoisotopic (exact) mass is 398 g/mol. The molecule has 1 fully saturated rings. The van der Waals surface area contributed by atoms with Crippen LogP contribution in [-0.4, -0.2) is 38.4 Å². The van der Waals surface area contributed by atoms with E-state index < -0.39 is 0 Å². The van der Waals surface area contributed by atoms with E-state index >= 15 is 0 Å². The fraction of sp³-hybridized carbons (Fsp3) is 0.450. The van der Waals surface area contributed by atoms with E-state index in [0.29, 0.717) is 12.0 Å². The average molecular weight is 398 g/mol. The van der Waals surface area contributed by atoms with E-state index in [4.69, 9.17) is 5.73 Å². The lowest BCUT2D eigenvalue weighted by Gasteiger charge is -2.15. The molecule has 1 saturated carbocycles. The lowest BCUT2D eigenvalue weighted by atomic mass is 10.1. The quantitative estimate of drug-likeness (QED) is 0.687. The molecule has 29 heavy (non-hydrogen) atoms. The summed E-state index contributed by atoms with van der Waals surface area (Å²) in [5.74, 6) is -0.315. The molecule has 2 atom stereocenters. The molecule has 1 aliphatic rings. The van der Waals surface area contributed by atoms with Gasteiger partial charge in [-0.3, -0.25) is 14.4 Å². The van der Waals surface area contributed by atoms with E-state index in [9.17, 15) is 14.4 Å². The number of hydrogen-bond acceptors (Lipinski definition) is 6. The summed E-state index contributed by atoms with van der Waals surface area (Å²) in [4.78, 5) is 44.6. The molecule has 3 rings (SSSR count). The number of aryl methyl sites for hydroxylation is 1. The summed E-state index contributed by atoms with van der Waals surface area (Å²) in [5.41, 5.74) is 6.95. The van der Waals surface area contributed by atoms with Crippen LogP contribution in [0.4, 0.5) is 5.95 Å². The van der Waals surface area contributed by atoms with Crippen molar-refractivity contribution in [1.82, 2.24) is 25.2 Å². The maximum atomic E-state index is 12.6. The van der Waals surface area contributed by atoms with Crippen molar-refractivity contribution in [2.75, 3.05) is 5.73 Å². The van der Waals surface area contributed by atoms with Crippen LogP contribution in [0.3, 0.4) is 0 Å². The summed E-state index contributed by atoms with van der Waals surface area (Å²) in [6, 6.07) is 4.42. The average Bonchev–Trinajstić information content (AvgIpc) is 3.10. The minimum Gasteiger partial charge on any atom is -0.368 e. The molecule has 9 heteroatoms. The van der Waals surface area contributed by atoms with Crippen LogP contribution in [0, 0.1) is 0 Å². The van der Waals surface area contributed by atoms with Crippen LogP contribution >= 0.6 is 0 Å². The van der Waals surface area contributed by atoms with Gasteiger partial charge in [0.05, 0.1) is 5.56 Å². The van der Waals surface area contributed by atoms with E-state index in [1.165, 1.54) is 22.9 Å². The normalized spacial score (nSPS) is 18.6. The Kier molecular flexibility index (Phi) is 5.95. The minimum absolute atomic E-state index is 0.0493. The highest BCUT2D eigenvalue weighted by Gasteiger charge is 2.28. The standard InChI is InChI=1S/C20H26N6O3/c1-11(2)15-9-16(25-20(21)24-15)19(29)23-14-6-5-13(8-14)22-18(28)12-4-7-17(27)26(3)10-12/h4,7,9-11,13-14H,5-6,8H2,1-3H3,(H,22,28)(H,23,29)(H2,21,24,25)/t13-,14+/m1/s1. The van der Waals surface area contributed by atoms with Crippen LogP contribution in [0.1, 0.15) is 65.6 Å². The van der Waals surface area contributed by atoms with Crippen molar-refractivity contribution in [1.29, 1.82) is 0 Å². The highest BCUT2D eigenvalue weighted by atomic mass is 16.2. The highest BCUT2D eigenvalue weighted by molar-refractivity contribution is 5.94. The summed E-state index contributed by atoms with van der Waals surface area (Å²) >= 11 is 0. The molecule has 2 aromatic rings. The number of nitrogens with two attached hydrogens (primary N) is 1. The van der Waals surface area contributed by atoms with Crippen LogP contribution in [0.15, 0.2) is 29.2 Å². The van der Waals surface area contributed by atoms with Crippen molar-refractivity contribution in [3.63, 3.8) is 0 Å². The Labute approximate surface area is 168 Å². The smallest absolute Gasteiger partial charge is 0.270 e. The maximum Gasteiger partial charge on any atom is 0.270 e. The fourth-order valence-electron chi connectivity index (χ4n) is 3.40. The first kappa shape index (κ1) is 20.5. The molecule has 0 spiro atoms. The number of carbonyl (C=O) groups excluding carboxylic acids is 2. The SMILES string of the molecule is CC(C)c1cc(C(=O)N[C@H]2CC[C@@H](NC(=O)c3ccc(=O)n(C)c3)C2)nc(N)n1. The minimum atomic E-state index is -0.295. The zero-order valence-electron chi connectivity index (χ0n) is 16.8. The van der Waals surface area contributed by atoms with Crippen LogP contribution in [-0.2, 0) is 7.05 Å². The van der Waals surface area contributed by atoms with Gasteiger partial charge in [-0.1, -0.05) is 13.8 Å². The molecule has 0 unspecified atom stereocenters. The largest absolute Gasteiger partial charge is 0.368 e. The van der Waals surface area contributed by atoms with Gasteiger partial charge in [-0.05, 0) is 37.3 Å². The molecule has 2 aromatic heterocycles. The molecule has 2 amide bonds. The molecule has 2 heterocycles. The van der Waals surface area contributed by atoms with E-state index in [2.05, 4.69) is 20.6 Å². The van der Waals surface area contributed by atoms with Gasteiger partial charge in [0.25, 0.3) is 11.8 Å². The first-order valence-electron chi connectivity index (χ1n) is 9.65. The van der Waals surface area contributed by atoms with Gasteiger partial charge in [0.1, 0.15) is 5.69 Å². The zero-order chi connectivity index (χ0) is 21.1. The second kappa shape index (κ2) is 8.42. The van der Waals surface area contributed by atoms with Crippen molar-refractivity contribution < 1.29 is 9.59 Å². The van der Waals surface area contributed by atoms with Crippen LogP contribution in [0.2, 0.25) is 0 Å². The molecule has 0 bridgehead atoms. The molecule has 4 N–H and O–H groups in total. The topological polar surface area (TPSA) is 132 Å². The summed E-state index contributed by atoms with van der Waals surface area (Å²) in [6.07, 6.45) is 3.64. The van der Waals surface area contributed by atoms with Crippen molar-refractivity contribution in [2.24, 2.45) is 7.05 Å². The van der Waals surface area contributed by atoms with Gasteiger partial charge in [-0.25, -0.2) is 9.97 Å². The number of amides is 2. The van der Waals surface area contributed by atoms with Crippen LogP contribution in [0.5, 0.6) is 0 Å². The number of nitrogens with one attached hydrogen (secondary N) is 2. The summed E-state index contributed by atoms with van der Waals surface area (Å²) in [7, 11) is 1.60. The second-order valence-corrected chi connectivity index (χ2v) is 7.71. The van der Waals surface area contributed by atoms with Gasteiger partial charge in [0, 0.05) is 37.1 Å². The number of nitrogens with zero attached hydrogens (tertiary/aromatic N) is 3. The second-order valence-electron chi connectivity index (χ2n) is 7.71. The molecule has 9 nitrogen and oxygen atoms in total. The van der Waals surface area contributed by atoms with Gasteiger partial charge < -0.3 is 20.9 Å². The zero-order valence-corrected chi connectivity index (χ0v) is 16.8. The number of hydrogen-bond donors (Lipinski definition) is 3. The van der Waals surface area contributed by atoms with Gasteiger partial charge in [-0.2, -0.15) is 0 Å². The Morgan fingerprint density at radius 2 is 1.79 bits per heavy atom. The predicted molar refractivity (Wildman–Crippen MR) is 109 cm³/mol. The summed E-state index contributed by atoms with van der Waals surface area (Å²) in [6.45, 7) is 3.94. The third-order valence-electron chi connectivity index (χ3n) is 5.04. The van der Waals surface area contributed by atoms with Gasteiger partial charge >= 0.3 is 0 Å². The third-order valence-corrected chi connectivity index (χ3v) is 5.04. The molecule has 0 aromatic carbocycles. The van der Waals surface area contributed by atoms with Crippen molar-refractivity contribution >= 4 is 17.8 Å². The molecule has 0 radical (unpaired) electrons. The van der Waals surface area contributed by atoms with Gasteiger partial charge in [0.15, 0.2) is 0 Å². The van der Waals surface area contributed by atoms with Gasteiger partial charge in [-0.15, -0.1) is 0 Å². The molecular formula is C20H26N6O3. The Morgan fingerprint density at radius 3 is 2.41 bits per heavy atom. The van der Waals surface area contributed by atoms with Crippen molar-refractivity contribution in [3.05, 3.63) is 51.7 Å². The number of rotatable bonds is 5. The van der Waals surface area contributed by atoms with Crippen molar-refractivity contribution in [3.8, 4) is 0 Å². The lowest BCUT2D eigenvalue weighted by molar-refractivity contribution is 0.0932.